The zero-order valence-corrected chi connectivity index (χ0v) is 11.7. The summed E-state index contributed by atoms with van der Waals surface area (Å²) in [6.07, 6.45) is -0.216. The minimum atomic E-state index is -0.997. The van der Waals surface area contributed by atoms with Gasteiger partial charge in [0.15, 0.2) is 0 Å². The number of hydrogen-bond acceptors (Lipinski definition) is 5. The number of carboxylic acid groups (broad SMARTS) is 1. The molecule has 1 atom stereocenters. The fourth-order valence-corrected chi connectivity index (χ4v) is 2.29. The zero-order chi connectivity index (χ0) is 15.6. The van der Waals surface area contributed by atoms with Crippen LogP contribution in [-0.2, 0) is 14.4 Å². The number of aliphatic carboxylic acids is 1. The molecule has 2 amide bonds. The number of anilines is 1. The number of likely N-dealkylation sites (N-methyl/N-ethyl adjacent to an activating group) is 1. The Morgan fingerprint density at radius 2 is 1.86 bits per heavy atom. The number of carbonyl (C=O) groups excluding carboxylic acids is 2. The van der Waals surface area contributed by atoms with Crippen molar-refractivity contribution in [1.29, 1.82) is 0 Å². The second kappa shape index (κ2) is 5.92. The maximum Gasteiger partial charge on any atom is 0.305 e. The van der Waals surface area contributed by atoms with Crippen LogP contribution in [0, 0.1) is 0 Å². The SMILES string of the molecule is CN1C(=O)CN(c2ccccc2C(N)CC(=O)O)CC1=O. The Hall–Kier alpha value is -2.41. The lowest BCUT2D eigenvalue weighted by atomic mass is 10.0. The van der Waals surface area contributed by atoms with Crippen LogP contribution in [0.4, 0.5) is 5.69 Å². The quantitative estimate of drug-likeness (QED) is 0.755. The fourth-order valence-electron chi connectivity index (χ4n) is 2.29. The van der Waals surface area contributed by atoms with Crippen molar-refractivity contribution in [3.63, 3.8) is 0 Å². The van der Waals surface area contributed by atoms with Crippen molar-refractivity contribution in [1.82, 2.24) is 4.90 Å². The molecular formula is C14H17N3O4. The van der Waals surface area contributed by atoms with Crippen molar-refractivity contribution in [2.45, 2.75) is 12.5 Å². The molecule has 7 nitrogen and oxygen atoms in total. The molecule has 1 aromatic rings. The number of benzene rings is 1. The summed E-state index contributed by atoms with van der Waals surface area (Å²) in [5.41, 5.74) is 7.15. The molecule has 1 saturated heterocycles. The summed E-state index contributed by atoms with van der Waals surface area (Å²) in [5.74, 6) is -1.59. The predicted molar refractivity (Wildman–Crippen MR) is 75.6 cm³/mol. The number of imide groups is 1. The molecule has 1 aromatic carbocycles. The molecule has 7 heteroatoms. The molecule has 0 radical (unpaired) electrons. The number of amides is 2. The van der Waals surface area contributed by atoms with Gasteiger partial charge in [0.2, 0.25) is 11.8 Å². The molecule has 112 valence electrons. The standard InChI is InChI=1S/C14H17N3O4/c1-16-12(18)7-17(8-13(16)19)11-5-3-2-4-9(11)10(15)6-14(20)21/h2-5,10H,6-8,15H2,1H3,(H,20,21). The largest absolute Gasteiger partial charge is 0.481 e. The lowest BCUT2D eigenvalue weighted by Crippen LogP contribution is -2.52. The van der Waals surface area contributed by atoms with Crippen LogP contribution in [0.1, 0.15) is 18.0 Å². The number of hydrogen-bond donors (Lipinski definition) is 2. The number of nitrogens with zero attached hydrogens (tertiary/aromatic N) is 2. The zero-order valence-electron chi connectivity index (χ0n) is 11.7. The minimum Gasteiger partial charge on any atom is -0.481 e. The molecule has 21 heavy (non-hydrogen) atoms. The van der Waals surface area contributed by atoms with Crippen LogP contribution in [0.2, 0.25) is 0 Å². The summed E-state index contributed by atoms with van der Waals surface area (Å²) >= 11 is 0. The van der Waals surface area contributed by atoms with Crippen molar-refractivity contribution >= 4 is 23.5 Å². The van der Waals surface area contributed by atoms with Gasteiger partial charge in [-0.15, -0.1) is 0 Å². The van der Waals surface area contributed by atoms with Crippen molar-refractivity contribution in [3.8, 4) is 0 Å². The number of carboxylic acids is 1. The molecule has 1 aliphatic rings. The number of carbonyl (C=O) groups is 3. The Bertz CT molecular complexity index is 569. The number of rotatable bonds is 4. The van der Waals surface area contributed by atoms with E-state index in [4.69, 9.17) is 10.8 Å². The van der Waals surface area contributed by atoms with Crippen molar-refractivity contribution in [3.05, 3.63) is 29.8 Å². The fraction of sp³-hybridized carbons (Fsp3) is 0.357. The maximum atomic E-state index is 11.8. The van der Waals surface area contributed by atoms with Crippen LogP contribution in [0.3, 0.4) is 0 Å². The summed E-state index contributed by atoms with van der Waals surface area (Å²) < 4.78 is 0. The lowest BCUT2D eigenvalue weighted by Gasteiger charge is -2.33. The third kappa shape index (κ3) is 3.19. The van der Waals surface area contributed by atoms with Gasteiger partial charge in [-0.2, -0.15) is 0 Å². The Kier molecular flexibility index (Phi) is 4.23. The van der Waals surface area contributed by atoms with E-state index in [0.717, 1.165) is 4.90 Å². The van der Waals surface area contributed by atoms with E-state index in [2.05, 4.69) is 0 Å². The monoisotopic (exact) mass is 291 g/mol. The molecule has 0 aromatic heterocycles. The summed E-state index contributed by atoms with van der Waals surface area (Å²) in [6, 6.07) is 6.28. The van der Waals surface area contributed by atoms with E-state index >= 15 is 0 Å². The average Bonchev–Trinajstić information content (AvgIpc) is 2.43. The number of piperazine rings is 1. The Labute approximate surface area is 121 Å². The van der Waals surface area contributed by atoms with Gasteiger partial charge in [-0.25, -0.2) is 0 Å². The van der Waals surface area contributed by atoms with Gasteiger partial charge < -0.3 is 15.7 Å². The Morgan fingerprint density at radius 1 is 1.29 bits per heavy atom. The van der Waals surface area contributed by atoms with Crippen LogP contribution in [0.5, 0.6) is 0 Å². The number of nitrogens with two attached hydrogens (primary N) is 1. The van der Waals surface area contributed by atoms with E-state index in [0.29, 0.717) is 11.3 Å². The molecule has 0 bridgehead atoms. The second-order valence-electron chi connectivity index (χ2n) is 4.97. The molecule has 3 N–H and O–H groups in total. The van der Waals surface area contributed by atoms with Crippen molar-refractivity contribution < 1.29 is 19.5 Å². The van der Waals surface area contributed by atoms with Gasteiger partial charge in [-0.05, 0) is 11.6 Å². The first-order valence-corrected chi connectivity index (χ1v) is 6.50. The first-order valence-electron chi connectivity index (χ1n) is 6.50. The van der Waals surface area contributed by atoms with E-state index in [9.17, 15) is 14.4 Å². The Balaban J connectivity index is 2.30. The molecule has 1 aliphatic heterocycles. The minimum absolute atomic E-state index is 0.0685. The molecule has 1 heterocycles. The Morgan fingerprint density at radius 3 is 2.43 bits per heavy atom. The highest BCUT2D eigenvalue weighted by atomic mass is 16.4. The predicted octanol–water partition coefficient (Wildman–Crippen LogP) is -0.0339. The van der Waals surface area contributed by atoms with Crippen LogP contribution in [0.15, 0.2) is 24.3 Å². The first kappa shape index (κ1) is 15.0. The van der Waals surface area contributed by atoms with Gasteiger partial charge in [0.1, 0.15) is 0 Å². The summed E-state index contributed by atoms with van der Waals surface area (Å²) in [6.45, 7) is 0.137. The van der Waals surface area contributed by atoms with E-state index in [1.807, 2.05) is 0 Å². The lowest BCUT2D eigenvalue weighted by molar-refractivity contribution is -0.143. The highest BCUT2D eigenvalue weighted by molar-refractivity contribution is 6.02. The van der Waals surface area contributed by atoms with E-state index in [-0.39, 0.29) is 31.3 Å². The van der Waals surface area contributed by atoms with E-state index in [1.54, 1.807) is 29.2 Å². The molecule has 1 fully saturated rings. The molecule has 1 unspecified atom stereocenters. The van der Waals surface area contributed by atoms with Gasteiger partial charge >= 0.3 is 5.97 Å². The van der Waals surface area contributed by atoms with Crippen molar-refractivity contribution in [2.75, 3.05) is 25.0 Å². The molecule has 2 rings (SSSR count). The highest BCUT2D eigenvalue weighted by Gasteiger charge is 2.30. The topological polar surface area (TPSA) is 104 Å². The van der Waals surface area contributed by atoms with Gasteiger partial charge in [0.05, 0.1) is 19.5 Å². The maximum absolute atomic E-state index is 11.8. The normalized spacial score (nSPS) is 17.0. The summed E-state index contributed by atoms with van der Waals surface area (Å²) in [5, 5.41) is 8.86. The second-order valence-corrected chi connectivity index (χ2v) is 4.97. The third-order valence-corrected chi connectivity index (χ3v) is 3.47. The van der Waals surface area contributed by atoms with Crippen LogP contribution < -0.4 is 10.6 Å². The van der Waals surface area contributed by atoms with Crippen LogP contribution in [0.25, 0.3) is 0 Å². The third-order valence-electron chi connectivity index (χ3n) is 3.47. The molecule has 0 spiro atoms. The molecule has 0 aliphatic carbocycles. The highest BCUT2D eigenvalue weighted by Crippen LogP contribution is 2.28. The van der Waals surface area contributed by atoms with Gasteiger partial charge in [-0.3, -0.25) is 19.3 Å². The van der Waals surface area contributed by atoms with Gasteiger partial charge in [-0.1, -0.05) is 18.2 Å². The average molecular weight is 291 g/mol. The number of para-hydroxylation sites is 1. The first-order chi connectivity index (χ1) is 9.90. The van der Waals surface area contributed by atoms with Crippen LogP contribution in [-0.4, -0.2) is 47.9 Å². The summed E-state index contributed by atoms with van der Waals surface area (Å²) in [4.78, 5) is 37.1. The van der Waals surface area contributed by atoms with E-state index < -0.39 is 12.0 Å². The van der Waals surface area contributed by atoms with E-state index in [1.165, 1.54) is 7.05 Å². The van der Waals surface area contributed by atoms with Crippen LogP contribution >= 0.6 is 0 Å². The smallest absolute Gasteiger partial charge is 0.305 e. The van der Waals surface area contributed by atoms with Gasteiger partial charge in [0.25, 0.3) is 0 Å². The summed E-state index contributed by atoms with van der Waals surface area (Å²) in [7, 11) is 1.45. The van der Waals surface area contributed by atoms with Gasteiger partial charge in [0, 0.05) is 18.8 Å². The molecular weight excluding hydrogens is 274 g/mol. The molecule has 0 saturated carbocycles. The van der Waals surface area contributed by atoms with Crippen molar-refractivity contribution in [2.24, 2.45) is 5.73 Å².